The largest absolute Gasteiger partial charge is 0.359 e. The Morgan fingerprint density at radius 3 is 2.44 bits per heavy atom. The number of nitrogens with one attached hydrogen (secondary N) is 1. The van der Waals surface area contributed by atoms with Crippen LogP contribution in [0.5, 0.6) is 0 Å². The molecule has 5 heteroatoms. The Morgan fingerprint density at radius 1 is 1.20 bits per heavy atom. The first-order valence-corrected chi connectivity index (χ1v) is 8.37. The summed E-state index contributed by atoms with van der Waals surface area (Å²) in [6, 6.07) is 18.8. The third kappa shape index (κ3) is 5.10. The lowest BCUT2D eigenvalue weighted by molar-refractivity contribution is -0.129. The Morgan fingerprint density at radius 2 is 1.84 bits per heavy atom. The van der Waals surface area contributed by atoms with Crippen LogP contribution in [0.4, 0.5) is 5.69 Å². The van der Waals surface area contributed by atoms with Gasteiger partial charge in [-0.2, -0.15) is 5.26 Å². The van der Waals surface area contributed by atoms with Gasteiger partial charge in [0.2, 0.25) is 0 Å². The third-order valence-electron chi connectivity index (χ3n) is 3.68. The van der Waals surface area contributed by atoms with Gasteiger partial charge in [0.15, 0.2) is 0 Å². The van der Waals surface area contributed by atoms with E-state index in [9.17, 15) is 10.1 Å². The second-order valence-electron chi connectivity index (χ2n) is 5.81. The number of benzene rings is 2. The Labute approximate surface area is 153 Å². The first-order chi connectivity index (χ1) is 12.0. The summed E-state index contributed by atoms with van der Waals surface area (Å²) in [5, 5.41) is 12.9. The molecule has 0 bridgehead atoms. The monoisotopic (exact) mass is 353 g/mol. The van der Waals surface area contributed by atoms with Crippen LogP contribution in [0.25, 0.3) is 0 Å². The fourth-order valence-corrected chi connectivity index (χ4v) is 2.48. The number of nitriles is 1. The van der Waals surface area contributed by atoms with E-state index in [4.69, 9.17) is 11.6 Å². The van der Waals surface area contributed by atoms with Crippen molar-refractivity contribution in [2.45, 2.75) is 26.4 Å². The lowest BCUT2D eigenvalue weighted by Crippen LogP contribution is -2.37. The summed E-state index contributed by atoms with van der Waals surface area (Å²) >= 11 is 6.08. The average Bonchev–Trinajstić information content (AvgIpc) is 2.62. The smallest absolute Gasteiger partial charge is 0.266 e. The van der Waals surface area contributed by atoms with E-state index in [0.29, 0.717) is 17.3 Å². The summed E-state index contributed by atoms with van der Waals surface area (Å²) in [6.07, 6.45) is 1.41. The molecule has 0 spiro atoms. The van der Waals surface area contributed by atoms with Gasteiger partial charge in [-0.05, 0) is 31.5 Å². The molecule has 0 aromatic heterocycles. The van der Waals surface area contributed by atoms with Crippen molar-refractivity contribution in [3.05, 3.63) is 77.0 Å². The average molecular weight is 354 g/mol. The zero-order chi connectivity index (χ0) is 18.2. The van der Waals surface area contributed by atoms with Crippen LogP contribution < -0.4 is 5.32 Å². The number of hydrogen-bond acceptors (Lipinski definition) is 3. The minimum Gasteiger partial charge on any atom is -0.359 e. The molecule has 0 atom stereocenters. The van der Waals surface area contributed by atoms with Crippen molar-refractivity contribution in [2.24, 2.45) is 0 Å². The summed E-state index contributed by atoms with van der Waals surface area (Å²) in [4.78, 5) is 14.5. The fourth-order valence-electron chi connectivity index (χ4n) is 2.29. The van der Waals surface area contributed by atoms with Gasteiger partial charge in [-0.3, -0.25) is 4.79 Å². The molecule has 0 aliphatic heterocycles. The van der Waals surface area contributed by atoms with Crippen molar-refractivity contribution >= 4 is 23.2 Å². The number of halogens is 1. The summed E-state index contributed by atoms with van der Waals surface area (Å²) in [5.41, 5.74) is 1.69. The van der Waals surface area contributed by atoms with E-state index < -0.39 is 0 Å². The van der Waals surface area contributed by atoms with Crippen LogP contribution in [0, 0.1) is 11.3 Å². The maximum absolute atomic E-state index is 12.8. The summed E-state index contributed by atoms with van der Waals surface area (Å²) in [6.45, 7) is 4.30. The number of carbonyl (C=O) groups is 1. The van der Waals surface area contributed by atoms with Crippen LogP contribution in [0.2, 0.25) is 5.02 Å². The number of amides is 1. The molecule has 128 valence electrons. The highest BCUT2D eigenvalue weighted by Crippen LogP contribution is 2.21. The molecule has 2 aromatic rings. The molecule has 0 aliphatic rings. The quantitative estimate of drug-likeness (QED) is 0.610. The molecule has 0 radical (unpaired) electrons. The lowest BCUT2D eigenvalue weighted by Gasteiger charge is -2.26. The van der Waals surface area contributed by atoms with Gasteiger partial charge in [0.25, 0.3) is 5.91 Å². The molecule has 1 amide bonds. The molecule has 2 aromatic carbocycles. The maximum atomic E-state index is 12.8. The molecule has 4 nitrogen and oxygen atoms in total. The van der Waals surface area contributed by atoms with E-state index >= 15 is 0 Å². The lowest BCUT2D eigenvalue weighted by atomic mass is 10.1. The normalized spacial score (nSPS) is 11.1. The zero-order valence-electron chi connectivity index (χ0n) is 14.2. The van der Waals surface area contributed by atoms with E-state index in [1.807, 2.05) is 62.4 Å². The van der Waals surface area contributed by atoms with Crippen LogP contribution in [-0.4, -0.2) is 16.8 Å². The minimum absolute atomic E-state index is 0.0320. The Bertz CT molecular complexity index is 794. The van der Waals surface area contributed by atoms with Crippen molar-refractivity contribution in [3.8, 4) is 6.07 Å². The molecule has 2 rings (SSSR count). The molecule has 0 fully saturated rings. The van der Waals surface area contributed by atoms with Crippen molar-refractivity contribution in [1.29, 1.82) is 5.26 Å². The highest BCUT2D eigenvalue weighted by molar-refractivity contribution is 6.33. The predicted octanol–water partition coefficient (Wildman–Crippen LogP) is 4.60. The predicted molar refractivity (Wildman–Crippen MR) is 101 cm³/mol. The summed E-state index contributed by atoms with van der Waals surface area (Å²) < 4.78 is 0. The van der Waals surface area contributed by atoms with E-state index in [0.717, 1.165) is 5.56 Å². The zero-order valence-corrected chi connectivity index (χ0v) is 15.0. The first-order valence-electron chi connectivity index (χ1n) is 7.99. The van der Waals surface area contributed by atoms with E-state index in [2.05, 4.69) is 5.32 Å². The standard InChI is InChI=1S/C20H20ClN3O/c1-15(2)24(14-16-8-4-3-5-9-16)20(25)17(12-22)13-23-19-11-7-6-10-18(19)21/h3-11,13,15,23H,14H2,1-2H3/b17-13-. The van der Waals surface area contributed by atoms with Crippen molar-refractivity contribution < 1.29 is 4.79 Å². The van der Waals surface area contributed by atoms with Crippen LogP contribution in [0.15, 0.2) is 66.4 Å². The van der Waals surface area contributed by atoms with Crippen LogP contribution >= 0.6 is 11.6 Å². The molecular formula is C20H20ClN3O. The second kappa shape index (κ2) is 8.91. The molecule has 0 saturated heterocycles. The van der Waals surface area contributed by atoms with Crippen molar-refractivity contribution in [3.63, 3.8) is 0 Å². The Hall–Kier alpha value is -2.77. The number of nitrogens with zero attached hydrogens (tertiary/aromatic N) is 2. The molecular weight excluding hydrogens is 334 g/mol. The molecule has 1 N–H and O–H groups in total. The molecule has 0 saturated carbocycles. The third-order valence-corrected chi connectivity index (χ3v) is 4.01. The summed E-state index contributed by atoms with van der Waals surface area (Å²) in [5.74, 6) is -0.319. The molecule has 25 heavy (non-hydrogen) atoms. The van der Waals surface area contributed by atoms with Gasteiger partial charge in [-0.25, -0.2) is 0 Å². The van der Waals surface area contributed by atoms with Gasteiger partial charge in [-0.15, -0.1) is 0 Å². The highest BCUT2D eigenvalue weighted by Gasteiger charge is 2.21. The number of para-hydroxylation sites is 1. The van der Waals surface area contributed by atoms with Crippen molar-refractivity contribution in [1.82, 2.24) is 4.90 Å². The molecule has 0 unspecified atom stereocenters. The van der Waals surface area contributed by atoms with Gasteiger partial charge < -0.3 is 10.2 Å². The topological polar surface area (TPSA) is 56.1 Å². The Balaban J connectivity index is 2.19. The number of anilines is 1. The van der Waals surface area contributed by atoms with Crippen LogP contribution in [0.3, 0.4) is 0 Å². The Kier molecular flexibility index (Phi) is 6.62. The van der Waals surface area contributed by atoms with E-state index in [1.54, 1.807) is 17.0 Å². The minimum atomic E-state index is -0.319. The first kappa shape index (κ1) is 18.6. The van der Waals surface area contributed by atoms with Gasteiger partial charge in [0, 0.05) is 18.8 Å². The van der Waals surface area contributed by atoms with Gasteiger partial charge in [0.1, 0.15) is 11.6 Å². The maximum Gasteiger partial charge on any atom is 0.266 e. The molecule has 0 aliphatic carbocycles. The fraction of sp³-hybridized carbons (Fsp3) is 0.200. The SMILES string of the molecule is CC(C)N(Cc1ccccc1)C(=O)/C(C#N)=C\Nc1ccccc1Cl. The van der Waals surface area contributed by atoms with Crippen LogP contribution in [0.1, 0.15) is 19.4 Å². The number of rotatable bonds is 6. The molecule has 0 heterocycles. The van der Waals surface area contributed by atoms with E-state index in [-0.39, 0.29) is 17.5 Å². The van der Waals surface area contributed by atoms with E-state index in [1.165, 1.54) is 6.20 Å². The summed E-state index contributed by atoms with van der Waals surface area (Å²) in [7, 11) is 0. The van der Waals surface area contributed by atoms with Crippen LogP contribution in [-0.2, 0) is 11.3 Å². The highest BCUT2D eigenvalue weighted by atomic mass is 35.5. The van der Waals surface area contributed by atoms with Gasteiger partial charge >= 0.3 is 0 Å². The number of hydrogen-bond donors (Lipinski definition) is 1. The van der Waals surface area contributed by atoms with Gasteiger partial charge in [-0.1, -0.05) is 54.1 Å². The van der Waals surface area contributed by atoms with Gasteiger partial charge in [0.05, 0.1) is 10.7 Å². The van der Waals surface area contributed by atoms with Crippen molar-refractivity contribution in [2.75, 3.05) is 5.32 Å². The number of carbonyl (C=O) groups excluding carboxylic acids is 1. The second-order valence-corrected chi connectivity index (χ2v) is 6.21.